The van der Waals surface area contributed by atoms with E-state index in [1.54, 1.807) is 0 Å². The Kier molecular flexibility index (Phi) is 6.57. The standard InChI is InChI=1S/C21H31NO2/c23-21(16-17-24-20-14-8-3-9-15-20)22(18-10-4-1-5-11-18)19-12-6-2-7-13-19/h3,8-9,14-15,18-19H,1-2,4-7,10-13,16-17H2. The van der Waals surface area contributed by atoms with Gasteiger partial charge < -0.3 is 9.64 Å². The van der Waals surface area contributed by atoms with Crippen molar-refractivity contribution in [3.05, 3.63) is 30.3 Å². The zero-order valence-electron chi connectivity index (χ0n) is 14.8. The average Bonchev–Trinajstić information content (AvgIpc) is 2.65. The van der Waals surface area contributed by atoms with Gasteiger partial charge in [-0.15, -0.1) is 0 Å². The lowest BCUT2D eigenvalue weighted by Crippen LogP contribution is -2.49. The van der Waals surface area contributed by atoms with E-state index >= 15 is 0 Å². The van der Waals surface area contributed by atoms with Gasteiger partial charge in [-0.25, -0.2) is 0 Å². The Balaban J connectivity index is 1.57. The molecule has 0 saturated heterocycles. The molecule has 0 aliphatic heterocycles. The monoisotopic (exact) mass is 329 g/mol. The van der Waals surface area contributed by atoms with Gasteiger partial charge in [0, 0.05) is 12.1 Å². The number of amides is 1. The summed E-state index contributed by atoms with van der Waals surface area (Å²) >= 11 is 0. The third kappa shape index (κ3) is 4.75. The lowest BCUT2D eigenvalue weighted by atomic mass is 9.88. The van der Waals surface area contributed by atoms with E-state index in [2.05, 4.69) is 4.90 Å². The molecule has 132 valence electrons. The van der Waals surface area contributed by atoms with Crippen LogP contribution in [0.4, 0.5) is 0 Å². The van der Waals surface area contributed by atoms with Crippen molar-refractivity contribution in [3.63, 3.8) is 0 Å². The first-order valence-electron chi connectivity index (χ1n) is 9.83. The van der Waals surface area contributed by atoms with E-state index in [4.69, 9.17) is 4.74 Å². The summed E-state index contributed by atoms with van der Waals surface area (Å²) in [4.78, 5) is 15.3. The molecule has 2 aliphatic carbocycles. The molecule has 2 aliphatic rings. The molecule has 1 aromatic rings. The highest BCUT2D eigenvalue weighted by Gasteiger charge is 2.32. The summed E-state index contributed by atoms with van der Waals surface area (Å²) in [6.45, 7) is 0.485. The van der Waals surface area contributed by atoms with Crippen LogP contribution in [0, 0.1) is 0 Å². The van der Waals surface area contributed by atoms with Crippen LogP contribution in [0.25, 0.3) is 0 Å². The smallest absolute Gasteiger partial charge is 0.226 e. The molecule has 1 amide bonds. The number of ether oxygens (including phenoxy) is 1. The normalized spacial score (nSPS) is 19.8. The highest BCUT2D eigenvalue weighted by molar-refractivity contribution is 5.77. The lowest BCUT2D eigenvalue weighted by molar-refractivity contribution is -0.138. The molecule has 0 bridgehead atoms. The molecule has 2 fully saturated rings. The van der Waals surface area contributed by atoms with Crippen molar-refractivity contribution < 1.29 is 9.53 Å². The van der Waals surface area contributed by atoms with Crippen molar-refractivity contribution in [2.24, 2.45) is 0 Å². The number of para-hydroxylation sites is 1. The Bertz CT molecular complexity index is 472. The molecule has 2 saturated carbocycles. The molecule has 0 spiro atoms. The van der Waals surface area contributed by atoms with Crippen LogP contribution >= 0.6 is 0 Å². The molecule has 24 heavy (non-hydrogen) atoms. The fraction of sp³-hybridized carbons (Fsp3) is 0.667. The Morgan fingerprint density at radius 3 is 1.96 bits per heavy atom. The van der Waals surface area contributed by atoms with Crippen molar-refractivity contribution in [1.82, 2.24) is 4.90 Å². The quantitative estimate of drug-likeness (QED) is 0.739. The second-order valence-corrected chi connectivity index (χ2v) is 7.30. The predicted molar refractivity (Wildman–Crippen MR) is 97.1 cm³/mol. The van der Waals surface area contributed by atoms with Crippen LogP contribution in [0.15, 0.2) is 30.3 Å². The lowest BCUT2D eigenvalue weighted by Gasteiger charge is -2.42. The summed E-state index contributed by atoms with van der Waals surface area (Å²) in [7, 11) is 0. The van der Waals surface area contributed by atoms with Gasteiger partial charge in [0.1, 0.15) is 5.75 Å². The average molecular weight is 329 g/mol. The number of hydrogen-bond acceptors (Lipinski definition) is 2. The zero-order chi connectivity index (χ0) is 16.6. The zero-order valence-corrected chi connectivity index (χ0v) is 14.8. The van der Waals surface area contributed by atoms with Crippen LogP contribution in [0.5, 0.6) is 5.75 Å². The van der Waals surface area contributed by atoms with Gasteiger partial charge in [0.25, 0.3) is 0 Å². The van der Waals surface area contributed by atoms with Crippen molar-refractivity contribution >= 4 is 5.91 Å². The molecular weight excluding hydrogens is 298 g/mol. The van der Waals surface area contributed by atoms with Gasteiger partial charge in [0.2, 0.25) is 5.91 Å². The van der Waals surface area contributed by atoms with Gasteiger partial charge in [-0.2, -0.15) is 0 Å². The summed E-state index contributed by atoms with van der Waals surface area (Å²) in [6, 6.07) is 10.8. The van der Waals surface area contributed by atoms with E-state index in [1.807, 2.05) is 30.3 Å². The van der Waals surface area contributed by atoms with Crippen molar-refractivity contribution in [2.45, 2.75) is 82.7 Å². The number of carbonyl (C=O) groups is 1. The molecule has 0 unspecified atom stereocenters. The van der Waals surface area contributed by atoms with Crippen molar-refractivity contribution in [3.8, 4) is 5.75 Å². The second kappa shape index (κ2) is 9.10. The van der Waals surface area contributed by atoms with Gasteiger partial charge in [-0.3, -0.25) is 4.79 Å². The summed E-state index contributed by atoms with van der Waals surface area (Å²) < 4.78 is 5.75. The van der Waals surface area contributed by atoms with Crippen LogP contribution in [-0.2, 0) is 4.79 Å². The topological polar surface area (TPSA) is 29.5 Å². The van der Waals surface area contributed by atoms with Crippen LogP contribution in [0.2, 0.25) is 0 Å². The Hall–Kier alpha value is -1.51. The van der Waals surface area contributed by atoms with Crippen molar-refractivity contribution in [1.29, 1.82) is 0 Å². The van der Waals surface area contributed by atoms with E-state index in [0.717, 1.165) is 5.75 Å². The molecule has 3 nitrogen and oxygen atoms in total. The summed E-state index contributed by atoms with van der Waals surface area (Å²) in [5, 5.41) is 0. The molecule has 0 radical (unpaired) electrons. The van der Waals surface area contributed by atoms with E-state index < -0.39 is 0 Å². The predicted octanol–water partition coefficient (Wildman–Crippen LogP) is 4.95. The van der Waals surface area contributed by atoms with E-state index in [0.29, 0.717) is 31.0 Å². The fourth-order valence-corrected chi connectivity index (χ4v) is 4.33. The maximum absolute atomic E-state index is 13.0. The number of carbonyl (C=O) groups excluding carboxylic acids is 1. The first-order chi connectivity index (χ1) is 11.8. The Morgan fingerprint density at radius 1 is 0.875 bits per heavy atom. The van der Waals surface area contributed by atoms with Gasteiger partial charge in [0.15, 0.2) is 0 Å². The highest BCUT2D eigenvalue weighted by atomic mass is 16.5. The molecule has 3 rings (SSSR count). The molecule has 0 aromatic heterocycles. The third-order valence-corrected chi connectivity index (χ3v) is 5.55. The molecular formula is C21H31NO2. The van der Waals surface area contributed by atoms with Gasteiger partial charge >= 0.3 is 0 Å². The first kappa shape index (κ1) is 17.3. The maximum atomic E-state index is 13.0. The largest absolute Gasteiger partial charge is 0.493 e. The highest BCUT2D eigenvalue weighted by Crippen LogP contribution is 2.30. The van der Waals surface area contributed by atoms with Crippen molar-refractivity contribution in [2.75, 3.05) is 6.61 Å². The van der Waals surface area contributed by atoms with E-state index in [9.17, 15) is 4.79 Å². The van der Waals surface area contributed by atoms with Crippen LogP contribution in [0.1, 0.15) is 70.6 Å². The van der Waals surface area contributed by atoms with Gasteiger partial charge in [0.05, 0.1) is 13.0 Å². The number of rotatable bonds is 6. The molecule has 0 heterocycles. The van der Waals surface area contributed by atoms with Crippen LogP contribution < -0.4 is 4.74 Å². The fourth-order valence-electron chi connectivity index (χ4n) is 4.33. The van der Waals surface area contributed by atoms with Gasteiger partial charge in [-0.1, -0.05) is 56.7 Å². The van der Waals surface area contributed by atoms with E-state index in [-0.39, 0.29) is 0 Å². The minimum atomic E-state index is 0.310. The van der Waals surface area contributed by atoms with Crippen LogP contribution in [0.3, 0.4) is 0 Å². The summed E-state index contributed by atoms with van der Waals surface area (Å²) in [5.74, 6) is 1.16. The molecule has 3 heteroatoms. The SMILES string of the molecule is O=C(CCOc1ccccc1)N(C1CCCCC1)C1CCCCC1. The number of nitrogens with zero attached hydrogens (tertiary/aromatic N) is 1. The molecule has 1 aromatic carbocycles. The summed E-state index contributed by atoms with van der Waals surface area (Å²) in [5.41, 5.74) is 0. The summed E-state index contributed by atoms with van der Waals surface area (Å²) in [6.07, 6.45) is 13.1. The third-order valence-electron chi connectivity index (χ3n) is 5.55. The number of hydrogen-bond donors (Lipinski definition) is 0. The minimum Gasteiger partial charge on any atom is -0.493 e. The van der Waals surface area contributed by atoms with Crippen LogP contribution in [-0.4, -0.2) is 29.5 Å². The molecule has 0 atom stereocenters. The van der Waals surface area contributed by atoms with E-state index in [1.165, 1.54) is 64.2 Å². The first-order valence-corrected chi connectivity index (χ1v) is 9.83. The number of benzene rings is 1. The van der Waals surface area contributed by atoms with Gasteiger partial charge in [-0.05, 0) is 37.8 Å². The Labute approximate surface area is 146 Å². The molecule has 0 N–H and O–H groups in total. The maximum Gasteiger partial charge on any atom is 0.226 e. The second-order valence-electron chi connectivity index (χ2n) is 7.30. The Morgan fingerprint density at radius 2 is 1.42 bits per heavy atom. The minimum absolute atomic E-state index is 0.310.